The number of hydrogen-bond acceptors (Lipinski definition) is 5. The van der Waals surface area contributed by atoms with Crippen molar-refractivity contribution >= 4 is 44.9 Å². The average molecular weight is 463 g/mol. The van der Waals surface area contributed by atoms with Crippen molar-refractivity contribution in [2.75, 3.05) is 7.11 Å². The monoisotopic (exact) mass is 462 g/mol. The maximum atomic E-state index is 12.7. The lowest BCUT2D eigenvalue weighted by Crippen LogP contribution is -2.23. The fourth-order valence-electron chi connectivity index (χ4n) is 2.50. The van der Waals surface area contributed by atoms with Crippen LogP contribution in [-0.2, 0) is 12.3 Å². The summed E-state index contributed by atoms with van der Waals surface area (Å²) in [4.78, 5) is 18.1. The zero-order valence-electron chi connectivity index (χ0n) is 15.0. The third kappa shape index (κ3) is 5.34. The minimum atomic E-state index is -0.0838. The van der Waals surface area contributed by atoms with Crippen LogP contribution in [0.4, 0.5) is 0 Å². The van der Waals surface area contributed by atoms with Gasteiger partial charge in [0.2, 0.25) is 0 Å². The van der Waals surface area contributed by atoms with E-state index in [-0.39, 0.29) is 5.91 Å². The number of aromatic nitrogens is 1. The van der Waals surface area contributed by atoms with E-state index < -0.39 is 0 Å². The van der Waals surface area contributed by atoms with Crippen molar-refractivity contribution < 1.29 is 9.53 Å². The molecular weight excluding hydrogens is 444 g/mol. The first-order valence-corrected chi connectivity index (χ1v) is 11.0. The molecule has 0 unspecified atom stereocenters. The first-order valence-electron chi connectivity index (χ1n) is 8.30. The smallest absolute Gasteiger partial charge is 0.252 e. The van der Waals surface area contributed by atoms with Crippen molar-refractivity contribution in [2.24, 2.45) is 0 Å². The highest BCUT2D eigenvalue weighted by Crippen LogP contribution is 2.28. The third-order valence-corrected chi connectivity index (χ3v) is 6.39. The number of carbonyl (C=O) groups is 1. The summed E-state index contributed by atoms with van der Waals surface area (Å²) >= 11 is 6.74. The molecule has 1 N–H and O–H groups in total. The zero-order valence-corrected chi connectivity index (χ0v) is 18.2. The van der Waals surface area contributed by atoms with Crippen molar-refractivity contribution in [3.63, 3.8) is 0 Å². The molecule has 0 spiro atoms. The molecule has 4 nitrogen and oxygen atoms in total. The lowest BCUT2D eigenvalue weighted by atomic mass is 10.2. The lowest BCUT2D eigenvalue weighted by molar-refractivity contribution is 0.0948. The number of hydrogen-bond donors (Lipinski definition) is 1. The third-order valence-electron chi connectivity index (χ3n) is 3.84. The highest BCUT2D eigenvalue weighted by molar-refractivity contribution is 9.10. The van der Waals surface area contributed by atoms with E-state index >= 15 is 0 Å². The number of ether oxygens (including phenoxy) is 1. The largest absolute Gasteiger partial charge is 0.496 e. The molecule has 2 aromatic carbocycles. The first-order chi connectivity index (χ1) is 13.1. The molecule has 1 amide bonds. The molecule has 0 atom stereocenters. The second kappa shape index (κ2) is 9.39. The minimum Gasteiger partial charge on any atom is -0.496 e. The van der Waals surface area contributed by atoms with Crippen LogP contribution in [-0.4, -0.2) is 18.0 Å². The molecule has 0 bridgehead atoms. The van der Waals surface area contributed by atoms with E-state index in [4.69, 9.17) is 4.74 Å². The van der Waals surface area contributed by atoms with Crippen LogP contribution in [0, 0.1) is 6.92 Å². The van der Waals surface area contributed by atoms with E-state index in [1.54, 1.807) is 30.2 Å². The number of rotatable bonds is 7. The minimum absolute atomic E-state index is 0.0838. The summed E-state index contributed by atoms with van der Waals surface area (Å²) in [5.41, 5.74) is 2.72. The SMILES string of the molecule is COc1ccc(CNC(=O)c2ccccc2SCc2csc(C)n2)cc1Br. The molecule has 0 saturated carbocycles. The quantitative estimate of drug-likeness (QED) is 0.474. The second-order valence-corrected chi connectivity index (χ2v) is 8.73. The Morgan fingerprint density at radius 1 is 1.30 bits per heavy atom. The van der Waals surface area contributed by atoms with Crippen molar-refractivity contribution in [2.45, 2.75) is 24.1 Å². The second-order valence-electron chi connectivity index (χ2n) is 5.79. The number of methoxy groups -OCH3 is 1. The molecule has 140 valence electrons. The maximum Gasteiger partial charge on any atom is 0.252 e. The molecule has 1 aromatic heterocycles. The summed E-state index contributed by atoms with van der Waals surface area (Å²) in [6.07, 6.45) is 0. The van der Waals surface area contributed by atoms with Gasteiger partial charge in [-0.2, -0.15) is 0 Å². The predicted molar refractivity (Wildman–Crippen MR) is 115 cm³/mol. The number of benzene rings is 2. The Balaban J connectivity index is 1.65. The first kappa shape index (κ1) is 19.9. The Morgan fingerprint density at radius 3 is 2.81 bits per heavy atom. The Kier molecular flexibility index (Phi) is 6.93. The fraction of sp³-hybridized carbons (Fsp3) is 0.200. The molecule has 1 heterocycles. The number of nitrogens with one attached hydrogen (secondary N) is 1. The van der Waals surface area contributed by atoms with E-state index in [1.165, 1.54) is 0 Å². The summed E-state index contributed by atoms with van der Waals surface area (Å²) in [7, 11) is 1.63. The van der Waals surface area contributed by atoms with Gasteiger partial charge in [-0.25, -0.2) is 4.98 Å². The van der Waals surface area contributed by atoms with Crippen molar-refractivity contribution in [3.05, 3.63) is 74.1 Å². The Labute approximate surface area is 175 Å². The van der Waals surface area contributed by atoms with Crippen LogP contribution < -0.4 is 10.1 Å². The van der Waals surface area contributed by atoms with E-state index in [1.807, 2.05) is 49.4 Å². The van der Waals surface area contributed by atoms with E-state index in [0.717, 1.165) is 37.1 Å². The lowest BCUT2D eigenvalue weighted by Gasteiger charge is -2.11. The number of thiazole rings is 1. The molecule has 3 rings (SSSR count). The average Bonchev–Trinajstić information content (AvgIpc) is 3.10. The van der Waals surface area contributed by atoms with Crippen LogP contribution in [0.2, 0.25) is 0 Å². The van der Waals surface area contributed by atoms with Crippen LogP contribution in [0.25, 0.3) is 0 Å². The Morgan fingerprint density at radius 2 is 2.11 bits per heavy atom. The van der Waals surface area contributed by atoms with Gasteiger partial charge in [-0.3, -0.25) is 4.79 Å². The molecule has 7 heteroatoms. The summed E-state index contributed by atoms with van der Waals surface area (Å²) < 4.78 is 6.10. The maximum absolute atomic E-state index is 12.7. The standard InChI is InChI=1S/C20H19BrN2O2S2/c1-13-23-15(11-26-13)12-27-19-6-4-3-5-16(19)20(24)22-10-14-7-8-18(25-2)17(21)9-14/h3-9,11H,10,12H2,1-2H3,(H,22,24). The van der Waals surface area contributed by atoms with E-state index in [9.17, 15) is 4.79 Å². The number of aryl methyl sites for hydroxylation is 1. The normalized spacial score (nSPS) is 10.6. The van der Waals surface area contributed by atoms with Gasteiger partial charge in [-0.15, -0.1) is 23.1 Å². The van der Waals surface area contributed by atoms with E-state index in [0.29, 0.717) is 12.1 Å². The molecule has 0 saturated heterocycles. The van der Waals surface area contributed by atoms with Gasteiger partial charge in [0, 0.05) is 22.6 Å². The van der Waals surface area contributed by atoms with Crippen LogP contribution in [0.5, 0.6) is 5.75 Å². The number of thioether (sulfide) groups is 1. The summed E-state index contributed by atoms with van der Waals surface area (Å²) in [6.45, 7) is 2.45. The molecule has 27 heavy (non-hydrogen) atoms. The molecule has 0 aliphatic rings. The van der Waals surface area contributed by atoms with Gasteiger partial charge in [0.25, 0.3) is 5.91 Å². The van der Waals surface area contributed by atoms with Crippen LogP contribution in [0.1, 0.15) is 26.6 Å². The van der Waals surface area contributed by atoms with Crippen molar-refractivity contribution in [3.8, 4) is 5.75 Å². The van der Waals surface area contributed by atoms with Gasteiger partial charge in [0.05, 0.1) is 27.8 Å². The summed E-state index contributed by atoms with van der Waals surface area (Å²) in [5.74, 6) is 1.43. The van der Waals surface area contributed by atoms with Crippen LogP contribution >= 0.6 is 39.0 Å². The molecular formula is C20H19BrN2O2S2. The van der Waals surface area contributed by atoms with Gasteiger partial charge in [-0.05, 0) is 52.7 Å². The predicted octanol–water partition coefficient (Wildman–Crippen LogP) is 5.44. The fourth-order valence-corrected chi connectivity index (χ4v) is 4.75. The van der Waals surface area contributed by atoms with Gasteiger partial charge in [0.1, 0.15) is 5.75 Å². The van der Waals surface area contributed by atoms with Crippen molar-refractivity contribution in [1.82, 2.24) is 10.3 Å². The Hall–Kier alpha value is -1.83. The van der Waals surface area contributed by atoms with Crippen molar-refractivity contribution in [1.29, 1.82) is 0 Å². The molecule has 0 fully saturated rings. The molecule has 0 aliphatic carbocycles. The van der Waals surface area contributed by atoms with Gasteiger partial charge in [-0.1, -0.05) is 18.2 Å². The number of amides is 1. The van der Waals surface area contributed by atoms with E-state index in [2.05, 4.69) is 31.6 Å². The number of halogens is 1. The highest BCUT2D eigenvalue weighted by atomic mass is 79.9. The molecule has 0 aliphatic heterocycles. The number of nitrogens with zero attached hydrogens (tertiary/aromatic N) is 1. The highest BCUT2D eigenvalue weighted by Gasteiger charge is 2.12. The molecule has 3 aromatic rings. The molecule has 0 radical (unpaired) electrons. The Bertz CT molecular complexity index is 943. The topological polar surface area (TPSA) is 51.2 Å². The van der Waals surface area contributed by atoms with Crippen LogP contribution in [0.15, 0.2) is 57.2 Å². The van der Waals surface area contributed by atoms with Gasteiger partial charge in [0.15, 0.2) is 0 Å². The summed E-state index contributed by atoms with van der Waals surface area (Å²) in [5, 5.41) is 6.11. The van der Waals surface area contributed by atoms with Gasteiger partial charge >= 0.3 is 0 Å². The van der Waals surface area contributed by atoms with Crippen LogP contribution in [0.3, 0.4) is 0 Å². The zero-order chi connectivity index (χ0) is 19.2. The summed E-state index contributed by atoms with van der Waals surface area (Å²) in [6, 6.07) is 13.4. The number of carbonyl (C=O) groups excluding carboxylic acids is 1. The van der Waals surface area contributed by atoms with Gasteiger partial charge < -0.3 is 10.1 Å².